The summed E-state index contributed by atoms with van der Waals surface area (Å²) in [5.74, 6) is 0. The molecule has 1 unspecified atom stereocenters. The minimum Gasteiger partial charge on any atom is -0.373 e. The molecule has 0 radical (unpaired) electrons. The Hall–Kier alpha value is -1.30. The molecule has 1 atom stereocenters. The molecule has 1 nitrogen and oxygen atoms in total. The van der Waals surface area contributed by atoms with Gasteiger partial charge in [-0.25, -0.2) is 0 Å². The van der Waals surface area contributed by atoms with Gasteiger partial charge in [0.2, 0.25) is 0 Å². The Morgan fingerprint density at radius 3 is 2.88 bits per heavy atom. The van der Waals surface area contributed by atoms with Gasteiger partial charge in [-0.2, -0.15) is 0 Å². The van der Waals surface area contributed by atoms with E-state index in [2.05, 4.69) is 42.6 Å². The van der Waals surface area contributed by atoms with Crippen molar-refractivity contribution in [2.45, 2.75) is 31.8 Å². The van der Waals surface area contributed by atoms with Crippen molar-refractivity contribution in [3.05, 3.63) is 53.8 Å². The van der Waals surface area contributed by atoms with Gasteiger partial charge in [0.25, 0.3) is 0 Å². The van der Waals surface area contributed by atoms with Crippen LogP contribution in [0, 0.1) is 0 Å². The van der Waals surface area contributed by atoms with Crippen LogP contribution in [0.5, 0.6) is 0 Å². The van der Waals surface area contributed by atoms with E-state index in [9.17, 15) is 0 Å². The maximum Gasteiger partial charge on any atom is 0.0861 e. The molecule has 1 fully saturated rings. The van der Waals surface area contributed by atoms with Crippen molar-refractivity contribution in [3.63, 3.8) is 0 Å². The van der Waals surface area contributed by atoms with E-state index in [1.54, 1.807) is 0 Å². The molecule has 0 spiro atoms. The first-order valence-corrected chi connectivity index (χ1v) is 5.94. The van der Waals surface area contributed by atoms with Gasteiger partial charge in [-0.3, -0.25) is 0 Å². The number of hydrogen-bond donors (Lipinski definition) is 0. The van der Waals surface area contributed by atoms with Gasteiger partial charge in [0.1, 0.15) is 0 Å². The van der Waals surface area contributed by atoms with Crippen molar-refractivity contribution in [2.24, 2.45) is 0 Å². The predicted octanol–water partition coefficient (Wildman–Crippen LogP) is 3.51. The van der Waals surface area contributed by atoms with Crippen LogP contribution >= 0.6 is 0 Å². The first-order valence-electron chi connectivity index (χ1n) is 5.94. The van der Waals surface area contributed by atoms with Crippen molar-refractivity contribution >= 4 is 0 Å². The Morgan fingerprint density at radius 1 is 1.31 bits per heavy atom. The molecule has 0 aromatic heterocycles. The maximum absolute atomic E-state index is 5.76. The van der Waals surface area contributed by atoms with Crippen LogP contribution in [0.4, 0.5) is 0 Å². The second-order valence-corrected chi connectivity index (χ2v) is 4.19. The lowest BCUT2D eigenvalue weighted by atomic mass is 9.97. The first-order chi connectivity index (χ1) is 7.90. The number of ether oxygens (including phenoxy) is 1. The van der Waals surface area contributed by atoms with E-state index in [4.69, 9.17) is 4.74 Å². The molecular weight excluding hydrogens is 196 g/mol. The largest absolute Gasteiger partial charge is 0.373 e. The zero-order valence-corrected chi connectivity index (χ0v) is 9.61. The van der Waals surface area contributed by atoms with E-state index in [1.807, 2.05) is 0 Å². The Morgan fingerprint density at radius 2 is 2.12 bits per heavy atom. The van der Waals surface area contributed by atoms with Crippen LogP contribution < -0.4 is 0 Å². The lowest BCUT2D eigenvalue weighted by molar-refractivity contribution is 0.0481. The third kappa shape index (κ3) is 2.85. The molecule has 1 heteroatoms. The van der Waals surface area contributed by atoms with Gasteiger partial charge in [0.15, 0.2) is 0 Å². The molecule has 84 valence electrons. The summed E-state index contributed by atoms with van der Waals surface area (Å²) in [6.45, 7) is 4.63. The van der Waals surface area contributed by atoms with Crippen LogP contribution in [-0.2, 0) is 11.2 Å². The molecule has 0 aliphatic carbocycles. The van der Waals surface area contributed by atoms with Crippen LogP contribution in [0.15, 0.2) is 48.2 Å². The molecule has 1 aliphatic heterocycles. The average molecular weight is 214 g/mol. The number of hydrogen-bond acceptors (Lipinski definition) is 1. The van der Waals surface area contributed by atoms with Gasteiger partial charge < -0.3 is 4.74 Å². The molecule has 1 aliphatic rings. The van der Waals surface area contributed by atoms with Crippen LogP contribution in [0.3, 0.4) is 0 Å². The molecule has 1 aromatic carbocycles. The molecule has 0 N–H and O–H groups in total. The van der Waals surface area contributed by atoms with Crippen molar-refractivity contribution < 1.29 is 4.74 Å². The van der Waals surface area contributed by atoms with Crippen LogP contribution in [0.2, 0.25) is 0 Å². The van der Waals surface area contributed by atoms with E-state index in [0.29, 0.717) is 0 Å². The molecular formula is C15H18O. The Labute approximate surface area is 97.4 Å². The molecule has 1 aromatic rings. The zero-order valence-electron chi connectivity index (χ0n) is 9.61. The molecule has 16 heavy (non-hydrogen) atoms. The summed E-state index contributed by atoms with van der Waals surface area (Å²) in [5.41, 5.74) is 5.66. The Kier molecular flexibility index (Phi) is 3.98. The normalized spacial score (nSPS) is 20.5. The Balaban J connectivity index is 1.92. The number of aryl methyl sites for hydroxylation is 1. The fraction of sp³-hybridized carbons (Fsp3) is 0.400. The van der Waals surface area contributed by atoms with E-state index < -0.39 is 0 Å². The molecule has 2 rings (SSSR count). The van der Waals surface area contributed by atoms with Crippen LogP contribution in [0.1, 0.15) is 24.8 Å². The molecule has 0 bridgehead atoms. The Bertz CT molecular complexity index is 374. The number of benzene rings is 1. The molecule has 0 amide bonds. The predicted molar refractivity (Wildman–Crippen MR) is 66.4 cm³/mol. The summed E-state index contributed by atoms with van der Waals surface area (Å²) < 4.78 is 5.76. The third-order valence-corrected chi connectivity index (χ3v) is 3.06. The van der Waals surface area contributed by atoms with Crippen LogP contribution in [-0.4, -0.2) is 12.7 Å². The zero-order chi connectivity index (χ0) is 11.2. The summed E-state index contributed by atoms with van der Waals surface area (Å²) in [6.07, 6.45) is 4.56. The first kappa shape index (κ1) is 11.2. The van der Waals surface area contributed by atoms with E-state index in [0.717, 1.165) is 32.3 Å². The SMILES string of the molecule is C=C=C1CCCOC1CCc1ccccc1. The fourth-order valence-corrected chi connectivity index (χ4v) is 2.15. The summed E-state index contributed by atoms with van der Waals surface area (Å²) in [7, 11) is 0. The van der Waals surface area contributed by atoms with Gasteiger partial charge in [-0.15, -0.1) is 5.73 Å². The van der Waals surface area contributed by atoms with E-state index in [1.165, 1.54) is 11.1 Å². The smallest absolute Gasteiger partial charge is 0.0861 e. The van der Waals surface area contributed by atoms with Crippen LogP contribution in [0.25, 0.3) is 0 Å². The van der Waals surface area contributed by atoms with E-state index in [-0.39, 0.29) is 6.10 Å². The highest BCUT2D eigenvalue weighted by Gasteiger charge is 2.18. The lowest BCUT2D eigenvalue weighted by Gasteiger charge is -2.24. The van der Waals surface area contributed by atoms with Crippen molar-refractivity contribution in [2.75, 3.05) is 6.61 Å². The van der Waals surface area contributed by atoms with Gasteiger partial charge in [-0.05, 0) is 36.8 Å². The van der Waals surface area contributed by atoms with Crippen molar-refractivity contribution in [1.29, 1.82) is 0 Å². The average Bonchev–Trinajstić information content (AvgIpc) is 2.38. The van der Waals surface area contributed by atoms with Crippen molar-refractivity contribution in [3.8, 4) is 0 Å². The van der Waals surface area contributed by atoms with Gasteiger partial charge in [-0.1, -0.05) is 36.9 Å². The monoisotopic (exact) mass is 214 g/mol. The van der Waals surface area contributed by atoms with Gasteiger partial charge in [0, 0.05) is 6.61 Å². The lowest BCUT2D eigenvalue weighted by Crippen LogP contribution is -2.22. The van der Waals surface area contributed by atoms with Crippen molar-refractivity contribution in [1.82, 2.24) is 0 Å². The molecule has 1 saturated heterocycles. The van der Waals surface area contributed by atoms with Gasteiger partial charge in [0.05, 0.1) is 6.10 Å². The third-order valence-electron chi connectivity index (χ3n) is 3.06. The summed E-state index contributed by atoms with van der Waals surface area (Å²) in [6, 6.07) is 10.6. The highest BCUT2D eigenvalue weighted by atomic mass is 16.5. The minimum atomic E-state index is 0.242. The highest BCUT2D eigenvalue weighted by molar-refractivity contribution is 5.16. The topological polar surface area (TPSA) is 9.23 Å². The van der Waals surface area contributed by atoms with E-state index >= 15 is 0 Å². The fourth-order valence-electron chi connectivity index (χ4n) is 2.15. The second kappa shape index (κ2) is 5.69. The number of rotatable bonds is 3. The summed E-state index contributed by atoms with van der Waals surface area (Å²) in [5, 5.41) is 0. The second-order valence-electron chi connectivity index (χ2n) is 4.19. The maximum atomic E-state index is 5.76. The molecule has 1 heterocycles. The summed E-state index contributed by atoms with van der Waals surface area (Å²) in [4.78, 5) is 0. The standard InChI is InChI=1S/C15H18O/c1-2-14-9-6-12-16-15(14)11-10-13-7-4-3-5-8-13/h3-5,7-8,15H,1,6,9-12H2. The van der Waals surface area contributed by atoms with Gasteiger partial charge >= 0.3 is 0 Å². The summed E-state index contributed by atoms with van der Waals surface area (Å²) >= 11 is 0. The minimum absolute atomic E-state index is 0.242. The highest BCUT2D eigenvalue weighted by Crippen LogP contribution is 2.22. The molecule has 0 saturated carbocycles. The quantitative estimate of drug-likeness (QED) is 0.700.